The second-order valence-corrected chi connectivity index (χ2v) is 9.79. The first-order valence-electron chi connectivity index (χ1n) is 10.1. The second kappa shape index (κ2) is 9.29. The van der Waals surface area contributed by atoms with E-state index in [1.54, 1.807) is 43.4 Å². The Bertz CT molecular complexity index is 1030. The van der Waals surface area contributed by atoms with E-state index < -0.39 is 22.2 Å². The molecule has 1 N–H and O–H groups in total. The summed E-state index contributed by atoms with van der Waals surface area (Å²) in [5.74, 6) is -0.145. The largest absolute Gasteiger partial charge is 0.487 e. The highest BCUT2D eigenvalue weighted by molar-refractivity contribution is 7.89. The molecule has 0 spiro atoms. The highest BCUT2D eigenvalue weighted by Crippen LogP contribution is 2.36. The van der Waals surface area contributed by atoms with Crippen molar-refractivity contribution in [3.8, 4) is 16.9 Å². The highest BCUT2D eigenvalue weighted by Gasteiger charge is 2.38. The van der Waals surface area contributed by atoms with Crippen LogP contribution in [-0.2, 0) is 14.8 Å². The molecule has 10 heteroatoms. The van der Waals surface area contributed by atoms with Crippen LogP contribution < -0.4 is 4.74 Å². The van der Waals surface area contributed by atoms with Crippen molar-refractivity contribution in [3.05, 3.63) is 36.9 Å². The standard InChI is InChI=1S/C21H28N4O5S/c1-14-10-25(15(2)12-26)31(28,29)21-6-5-17(18-8-22-13-23-9-18)7-19(21)30-20(14)11-24(4)16(3)27/h5-9,13-15,20,26H,10-12H2,1-4H3/t14-,15-,20+/m1/s1. The monoisotopic (exact) mass is 448 g/mol. The van der Waals surface area contributed by atoms with Crippen LogP contribution in [-0.4, -0.2) is 77.5 Å². The minimum absolute atomic E-state index is 0.0239. The number of ether oxygens (including phenoxy) is 1. The van der Waals surface area contributed by atoms with Gasteiger partial charge in [0.1, 0.15) is 23.1 Å². The first-order chi connectivity index (χ1) is 14.6. The van der Waals surface area contributed by atoms with Gasteiger partial charge in [-0.15, -0.1) is 0 Å². The van der Waals surface area contributed by atoms with Gasteiger partial charge in [-0.2, -0.15) is 4.31 Å². The molecule has 1 aromatic heterocycles. The molecule has 2 heterocycles. The van der Waals surface area contributed by atoms with E-state index in [-0.39, 0.29) is 35.6 Å². The van der Waals surface area contributed by atoms with E-state index >= 15 is 0 Å². The van der Waals surface area contributed by atoms with E-state index in [9.17, 15) is 18.3 Å². The molecule has 3 atom stereocenters. The number of fused-ring (bicyclic) bond motifs is 1. The molecule has 0 saturated carbocycles. The lowest BCUT2D eigenvalue weighted by Crippen LogP contribution is -2.50. The van der Waals surface area contributed by atoms with Crippen LogP contribution in [0.4, 0.5) is 0 Å². The Morgan fingerprint density at radius 3 is 2.61 bits per heavy atom. The van der Waals surface area contributed by atoms with Crippen molar-refractivity contribution in [2.45, 2.75) is 37.8 Å². The Kier molecular flexibility index (Phi) is 6.93. The topological polar surface area (TPSA) is 113 Å². The van der Waals surface area contributed by atoms with E-state index in [4.69, 9.17) is 4.74 Å². The average molecular weight is 449 g/mol. The maximum Gasteiger partial charge on any atom is 0.247 e. The SMILES string of the molecule is CC(=O)N(C)C[C@@H]1Oc2cc(-c3cncnc3)ccc2S(=O)(=O)N([C@H](C)CO)C[C@H]1C. The van der Waals surface area contributed by atoms with Gasteiger partial charge in [0.15, 0.2) is 0 Å². The molecule has 0 unspecified atom stereocenters. The summed E-state index contributed by atoms with van der Waals surface area (Å²) in [5, 5.41) is 9.69. The maximum atomic E-state index is 13.5. The normalized spacial score (nSPS) is 21.8. The predicted molar refractivity (Wildman–Crippen MR) is 115 cm³/mol. The molecule has 2 aromatic rings. The van der Waals surface area contributed by atoms with Crippen LogP contribution in [0.15, 0.2) is 41.8 Å². The van der Waals surface area contributed by atoms with Crippen molar-refractivity contribution in [2.24, 2.45) is 5.92 Å². The third-order valence-corrected chi connectivity index (χ3v) is 7.57. The number of nitrogens with zero attached hydrogens (tertiary/aromatic N) is 4. The molecular weight excluding hydrogens is 420 g/mol. The minimum Gasteiger partial charge on any atom is -0.487 e. The zero-order chi connectivity index (χ0) is 22.8. The van der Waals surface area contributed by atoms with Crippen molar-refractivity contribution < 1.29 is 23.1 Å². The van der Waals surface area contributed by atoms with E-state index in [0.29, 0.717) is 12.1 Å². The molecule has 31 heavy (non-hydrogen) atoms. The Morgan fingerprint density at radius 1 is 1.32 bits per heavy atom. The number of aromatic nitrogens is 2. The minimum atomic E-state index is -3.92. The van der Waals surface area contributed by atoms with Gasteiger partial charge in [-0.05, 0) is 24.6 Å². The molecule has 0 radical (unpaired) electrons. The fourth-order valence-electron chi connectivity index (χ4n) is 3.47. The summed E-state index contributed by atoms with van der Waals surface area (Å²) in [6.07, 6.45) is 4.24. The maximum absolute atomic E-state index is 13.5. The van der Waals surface area contributed by atoms with Crippen molar-refractivity contribution in [3.63, 3.8) is 0 Å². The first kappa shape index (κ1) is 23.1. The summed E-state index contributed by atoms with van der Waals surface area (Å²) in [5.41, 5.74) is 1.43. The summed E-state index contributed by atoms with van der Waals surface area (Å²) >= 11 is 0. The zero-order valence-electron chi connectivity index (χ0n) is 18.1. The summed E-state index contributed by atoms with van der Waals surface area (Å²) in [6, 6.07) is 4.24. The summed E-state index contributed by atoms with van der Waals surface area (Å²) in [4.78, 5) is 21.4. The quantitative estimate of drug-likeness (QED) is 0.735. The van der Waals surface area contributed by atoms with Gasteiger partial charge in [-0.3, -0.25) is 4.79 Å². The predicted octanol–water partition coefficient (Wildman–Crippen LogP) is 1.39. The molecule has 1 amide bonds. The number of aliphatic hydroxyl groups excluding tert-OH is 1. The second-order valence-electron chi connectivity index (χ2n) is 7.93. The molecule has 1 aliphatic heterocycles. The van der Waals surface area contributed by atoms with Crippen LogP contribution in [0.5, 0.6) is 5.75 Å². The zero-order valence-corrected chi connectivity index (χ0v) is 18.9. The van der Waals surface area contributed by atoms with Gasteiger partial charge >= 0.3 is 0 Å². The van der Waals surface area contributed by atoms with E-state index in [1.165, 1.54) is 23.6 Å². The number of hydrogen-bond donors (Lipinski definition) is 1. The number of aliphatic hydroxyl groups is 1. The van der Waals surface area contributed by atoms with Gasteiger partial charge in [0, 0.05) is 50.4 Å². The lowest BCUT2D eigenvalue weighted by atomic mass is 10.0. The van der Waals surface area contributed by atoms with Crippen molar-refractivity contribution in [1.82, 2.24) is 19.2 Å². The molecule has 1 aliphatic rings. The van der Waals surface area contributed by atoms with Gasteiger partial charge in [-0.1, -0.05) is 13.0 Å². The first-order valence-corrected chi connectivity index (χ1v) is 11.5. The average Bonchev–Trinajstić information content (AvgIpc) is 2.75. The van der Waals surface area contributed by atoms with Crippen LogP contribution in [0.2, 0.25) is 0 Å². The van der Waals surface area contributed by atoms with Crippen molar-refractivity contribution >= 4 is 15.9 Å². The summed E-state index contributed by atoms with van der Waals surface area (Å²) in [7, 11) is -2.24. The molecule has 3 rings (SSSR count). The lowest BCUT2D eigenvalue weighted by molar-refractivity contribution is -0.129. The summed E-state index contributed by atoms with van der Waals surface area (Å²) in [6.45, 7) is 5.17. The molecule has 0 saturated heterocycles. The number of rotatable bonds is 5. The fourth-order valence-corrected chi connectivity index (χ4v) is 5.30. The molecule has 1 aromatic carbocycles. The molecule has 9 nitrogen and oxygen atoms in total. The fraction of sp³-hybridized carbons (Fsp3) is 0.476. The number of sulfonamides is 1. The Labute approximate surface area is 182 Å². The van der Waals surface area contributed by atoms with Gasteiger partial charge in [0.2, 0.25) is 15.9 Å². The Balaban J connectivity index is 2.13. The number of carbonyl (C=O) groups excluding carboxylic acids is 1. The number of hydrogen-bond acceptors (Lipinski definition) is 7. The van der Waals surface area contributed by atoms with Crippen LogP contribution in [0.1, 0.15) is 20.8 Å². The third kappa shape index (κ3) is 4.86. The van der Waals surface area contributed by atoms with Crippen LogP contribution in [0.25, 0.3) is 11.1 Å². The van der Waals surface area contributed by atoms with E-state index in [2.05, 4.69) is 9.97 Å². The van der Waals surface area contributed by atoms with Gasteiger partial charge < -0.3 is 14.7 Å². The van der Waals surface area contributed by atoms with Crippen LogP contribution in [0.3, 0.4) is 0 Å². The van der Waals surface area contributed by atoms with Crippen LogP contribution in [0, 0.1) is 5.92 Å². The number of likely N-dealkylation sites (N-methyl/N-ethyl adjacent to an activating group) is 1. The molecular formula is C21H28N4O5S. The lowest BCUT2D eigenvalue weighted by Gasteiger charge is -2.37. The highest BCUT2D eigenvalue weighted by atomic mass is 32.2. The van der Waals surface area contributed by atoms with Crippen LogP contribution >= 0.6 is 0 Å². The third-order valence-electron chi connectivity index (χ3n) is 5.55. The van der Waals surface area contributed by atoms with Gasteiger partial charge in [-0.25, -0.2) is 18.4 Å². The molecule has 168 valence electrons. The van der Waals surface area contributed by atoms with Gasteiger partial charge in [0.25, 0.3) is 0 Å². The summed E-state index contributed by atoms with van der Waals surface area (Å²) < 4.78 is 34.4. The molecule has 0 bridgehead atoms. The van der Waals surface area contributed by atoms with E-state index in [0.717, 1.165) is 5.56 Å². The number of carbonyl (C=O) groups is 1. The molecule has 0 aliphatic carbocycles. The Morgan fingerprint density at radius 2 is 2.00 bits per heavy atom. The Hall–Kier alpha value is -2.56. The van der Waals surface area contributed by atoms with E-state index in [1.807, 2.05) is 6.92 Å². The smallest absolute Gasteiger partial charge is 0.247 e. The number of amides is 1. The van der Waals surface area contributed by atoms with Crippen molar-refractivity contribution in [2.75, 3.05) is 26.7 Å². The molecule has 0 fully saturated rings. The van der Waals surface area contributed by atoms with Gasteiger partial charge in [0.05, 0.1) is 13.2 Å². The van der Waals surface area contributed by atoms with Crippen molar-refractivity contribution in [1.29, 1.82) is 0 Å². The number of benzene rings is 1.